The Morgan fingerprint density at radius 1 is 1.16 bits per heavy atom. The summed E-state index contributed by atoms with van der Waals surface area (Å²) in [6.45, 7) is 3.99. The first-order valence-electron chi connectivity index (χ1n) is 6.20. The Kier molecular flexibility index (Phi) is 4.40. The van der Waals surface area contributed by atoms with E-state index in [0.29, 0.717) is 10.7 Å². The lowest BCUT2D eigenvalue weighted by atomic mass is 10.0. The second kappa shape index (κ2) is 6.04. The van der Waals surface area contributed by atoms with Crippen molar-refractivity contribution in [2.24, 2.45) is 5.73 Å². The van der Waals surface area contributed by atoms with Crippen LogP contribution in [-0.2, 0) is 0 Å². The molecule has 0 amide bonds. The van der Waals surface area contributed by atoms with Gasteiger partial charge in [-0.05, 0) is 43.7 Å². The van der Waals surface area contributed by atoms with Gasteiger partial charge in [0, 0.05) is 6.20 Å². The molecule has 0 spiro atoms. The smallest absolute Gasteiger partial charge is 0.119 e. The van der Waals surface area contributed by atoms with E-state index in [1.54, 1.807) is 18.3 Å². The van der Waals surface area contributed by atoms with Crippen molar-refractivity contribution in [2.45, 2.75) is 26.0 Å². The third-order valence-corrected chi connectivity index (χ3v) is 3.01. The molecular weight excluding hydrogens is 260 g/mol. The van der Waals surface area contributed by atoms with Gasteiger partial charge in [0.25, 0.3) is 0 Å². The van der Waals surface area contributed by atoms with Crippen LogP contribution in [0.1, 0.15) is 31.1 Å². The number of rotatable bonds is 4. The van der Waals surface area contributed by atoms with Crippen LogP contribution in [0.25, 0.3) is 0 Å². The van der Waals surface area contributed by atoms with E-state index in [2.05, 4.69) is 4.98 Å². The van der Waals surface area contributed by atoms with E-state index < -0.39 is 0 Å². The highest BCUT2D eigenvalue weighted by atomic mass is 35.5. The van der Waals surface area contributed by atoms with Gasteiger partial charge in [0.05, 0.1) is 22.9 Å². The second-order valence-electron chi connectivity index (χ2n) is 4.58. The average molecular weight is 277 g/mol. The van der Waals surface area contributed by atoms with Crippen LogP contribution in [0.2, 0.25) is 5.02 Å². The molecule has 2 rings (SSSR count). The van der Waals surface area contributed by atoms with Crippen molar-refractivity contribution in [3.05, 3.63) is 58.9 Å². The minimum absolute atomic E-state index is 0.157. The maximum Gasteiger partial charge on any atom is 0.119 e. The molecule has 2 N–H and O–H groups in total. The van der Waals surface area contributed by atoms with Gasteiger partial charge >= 0.3 is 0 Å². The fraction of sp³-hybridized carbons (Fsp3) is 0.267. The highest BCUT2D eigenvalue weighted by molar-refractivity contribution is 6.31. The highest BCUT2D eigenvalue weighted by Crippen LogP contribution is 2.25. The number of nitrogens with two attached hydrogens (primary N) is 1. The largest absolute Gasteiger partial charge is 0.491 e. The van der Waals surface area contributed by atoms with Crippen LogP contribution < -0.4 is 10.5 Å². The van der Waals surface area contributed by atoms with E-state index in [-0.39, 0.29) is 12.1 Å². The Morgan fingerprint density at radius 2 is 1.84 bits per heavy atom. The Bertz CT molecular complexity index is 540. The summed E-state index contributed by atoms with van der Waals surface area (Å²) in [6.07, 6.45) is 1.85. The van der Waals surface area contributed by atoms with E-state index in [1.807, 2.05) is 38.1 Å². The molecule has 1 aromatic carbocycles. The first-order chi connectivity index (χ1) is 9.08. The van der Waals surface area contributed by atoms with Gasteiger partial charge in [-0.25, -0.2) is 0 Å². The van der Waals surface area contributed by atoms with Crippen LogP contribution in [0.3, 0.4) is 0 Å². The van der Waals surface area contributed by atoms with Gasteiger partial charge < -0.3 is 10.5 Å². The molecule has 4 heteroatoms. The zero-order valence-corrected chi connectivity index (χ0v) is 11.8. The summed E-state index contributed by atoms with van der Waals surface area (Å²) in [7, 11) is 0. The quantitative estimate of drug-likeness (QED) is 0.929. The predicted octanol–water partition coefficient (Wildman–Crippen LogP) is 3.57. The topological polar surface area (TPSA) is 48.1 Å². The van der Waals surface area contributed by atoms with Crippen molar-refractivity contribution in [2.75, 3.05) is 0 Å². The molecule has 100 valence electrons. The van der Waals surface area contributed by atoms with Crippen LogP contribution >= 0.6 is 11.6 Å². The van der Waals surface area contributed by atoms with Gasteiger partial charge in [0.2, 0.25) is 0 Å². The fourth-order valence-corrected chi connectivity index (χ4v) is 2.05. The molecule has 0 radical (unpaired) electrons. The predicted molar refractivity (Wildman–Crippen MR) is 77.5 cm³/mol. The first kappa shape index (κ1) is 13.8. The summed E-state index contributed by atoms with van der Waals surface area (Å²) < 4.78 is 5.60. The SMILES string of the molecule is CC(C)Oc1ccc(C(N)c2ncccc2Cl)cc1. The van der Waals surface area contributed by atoms with E-state index in [9.17, 15) is 0 Å². The van der Waals surface area contributed by atoms with Gasteiger partial charge in [-0.15, -0.1) is 0 Å². The highest BCUT2D eigenvalue weighted by Gasteiger charge is 2.13. The number of hydrogen-bond acceptors (Lipinski definition) is 3. The first-order valence-corrected chi connectivity index (χ1v) is 6.58. The fourth-order valence-electron chi connectivity index (χ4n) is 1.81. The molecule has 0 aliphatic carbocycles. The third kappa shape index (κ3) is 3.46. The number of halogens is 1. The molecule has 0 bridgehead atoms. The molecule has 1 aromatic heterocycles. The van der Waals surface area contributed by atoms with Gasteiger partial charge in [0.15, 0.2) is 0 Å². The van der Waals surface area contributed by atoms with Crippen molar-refractivity contribution in [3.63, 3.8) is 0 Å². The molecule has 0 saturated heterocycles. The maximum absolute atomic E-state index is 6.18. The lowest BCUT2D eigenvalue weighted by molar-refractivity contribution is 0.242. The monoisotopic (exact) mass is 276 g/mol. The number of nitrogens with zero attached hydrogens (tertiary/aromatic N) is 1. The molecule has 2 aromatic rings. The van der Waals surface area contributed by atoms with Crippen molar-refractivity contribution in [3.8, 4) is 5.75 Å². The Labute approximate surface area is 118 Å². The summed E-state index contributed by atoms with van der Waals surface area (Å²) in [5.74, 6) is 0.832. The van der Waals surface area contributed by atoms with Crippen molar-refractivity contribution >= 4 is 11.6 Å². The number of ether oxygens (including phenoxy) is 1. The number of aromatic nitrogens is 1. The Balaban J connectivity index is 2.20. The molecule has 0 saturated carbocycles. The van der Waals surface area contributed by atoms with Crippen molar-refractivity contribution in [1.82, 2.24) is 4.98 Å². The van der Waals surface area contributed by atoms with E-state index in [1.165, 1.54) is 0 Å². The number of pyridine rings is 1. The molecule has 0 aliphatic rings. The van der Waals surface area contributed by atoms with Crippen LogP contribution in [-0.4, -0.2) is 11.1 Å². The van der Waals surface area contributed by atoms with Gasteiger partial charge in [0.1, 0.15) is 5.75 Å². The summed E-state index contributed by atoms with van der Waals surface area (Å²) in [5.41, 5.74) is 7.82. The third-order valence-electron chi connectivity index (χ3n) is 2.69. The van der Waals surface area contributed by atoms with Crippen LogP contribution in [0.5, 0.6) is 5.75 Å². The molecule has 1 heterocycles. The molecule has 1 atom stereocenters. The minimum Gasteiger partial charge on any atom is -0.491 e. The molecule has 3 nitrogen and oxygen atoms in total. The van der Waals surface area contributed by atoms with Crippen LogP contribution in [0, 0.1) is 0 Å². The zero-order valence-electron chi connectivity index (χ0n) is 11.0. The zero-order chi connectivity index (χ0) is 13.8. The van der Waals surface area contributed by atoms with Crippen molar-refractivity contribution < 1.29 is 4.74 Å². The maximum atomic E-state index is 6.18. The molecule has 0 aliphatic heterocycles. The molecule has 1 unspecified atom stereocenters. The summed E-state index contributed by atoms with van der Waals surface area (Å²) in [5, 5.41) is 0.581. The second-order valence-corrected chi connectivity index (χ2v) is 4.99. The van der Waals surface area contributed by atoms with E-state index in [4.69, 9.17) is 22.1 Å². The summed E-state index contributed by atoms with van der Waals surface area (Å²) in [6, 6.07) is 10.9. The lowest BCUT2D eigenvalue weighted by Crippen LogP contribution is -2.14. The summed E-state index contributed by atoms with van der Waals surface area (Å²) in [4.78, 5) is 4.24. The van der Waals surface area contributed by atoms with Crippen LogP contribution in [0.4, 0.5) is 0 Å². The molecule has 19 heavy (non-hydrogen) atoms. The van der Waals surface area contributed by atoms with E-state index >= 15 is 0 Å². The standard InChI is InChI=1S/C15H17ClN2O/c1-10(2)19-12-7-5-11(6-8-12)14(17)15-13(16)4-3-9-18-15/h3-10,14H,17H2,1-2H3. The average Bonchev–Trinajstić information content (AvgIpc) is 2.39. The van der Waals surface area contributed by atoms with Gasteiger partial charge in [-0.2, -0.15) is 0 Å². The molecule has 0 fully saturated rings. The summed E-state index contributed by atoms with van der Waals surface area (Å²) >= 11 is 6.10. The normalized spacial score (nSPS) is 12.5. The number of hydrogen-bond donors (Lipinski definition) is 1. The molecular formula is C15H17ClN2O. The number of benzene rings is 1. The van der Waals surface area contributed by atoms with Gasteiger partial charge in [-0.3, -0.25) is 4.98 Å². The van der Waals surface area contributed by atoms with Gasteiger partial charge in [-0.1, -0.05) is 23.7 Å². The van der Waals surface area contributed by atoms with Crippen LogP contribution in [0.15, 0.2) is 42.6 Å². The van der Waals surface area contributed by atoms with Crippen molar-refractivity contribution in [1.29, 1.82) is 0 Å². The van der Waals surface area contributed by atoms with E-state index in [0.717, 1.165) is 11.3 Å². The Hall–Kier alpha value is -1.58. The Morgan fingerprint density at radius 3 is 2.42 bits per heavy atom. The minimum atomic E-state index is -0.332. The lowest BCUT2D eigenvalue weighted by Gasteiger charge is -2.14.